The lowest BCUT2D eigenvalue weighted by atomic mass is 10.0. The predicted molar refractivity (Wildman–Crippen MR) is 118 cm³/mol. The highest BCUT2D eigenvalue weighted by molar-refractivity contribution is 14.1. The number of hydrogen-bond donors (Lipinski definition) is 2. The molecule has 2 aromatic rings. The molecule has 1 aliphatic rings. The summed E-state index contributed by atoms with van der Waals surface area (Å²) in [5, 5.41) is 0. The topological polar surface area (TPSA) is 87.7 Å². The smallest absolute Gasteiger partial charge is 0.269 e. The summed E-state index contributed by atoms with van der Waals surface area (Å²) in [4.78, 5) is 38.5. The molecule has 3 amide bonds. The molecule has 3 rings (SSSR count). The number of para-hydroxylation sites is 1. The van der Waals surface area contributed by atoms with Crippen LogP contribution in [-0.2, 0) is 16.0 Å². The van der Waals surface area contributed by atoms with E-state index < -0.39 is 11.8 Å². The van der Waals surface area contributed by atoms with Gasteiger partial charge in [-0.2, -0.15) is 0 Å². The fourth-order valence-electron chi connectivity index (χ4n) is 3.22. The monoisotopic (exact) mass is 507 g/mol. The fraction of sp³-hybridized carbons (Fsp3) is 0.286. The minimum atomic E-state index is -0.435. The molecule has 0 saturated heterocycles. The number of anilines is 1. The second-order valence-electron chi connectivity index (χ2n) is 6.63. The summed E-state index contributed by atoms with van der Waals surface area (Å²) in [6.07, 6.45) is 1.94. The molecule has 1 aliphatic heterocycles. The number of fused-ring (bicyclic) bond motifs is 1. The molecule has 0 unspecified atom stereocenters. The Hall–Kier alpha value is -2.62. The van der Waals surface area contributed by atoms with Crippen molar-refractivity contribution >= 4 is 46.0 Å². The summed E-state index contributed by atoms with van der Waals surface area (Å²) < 4.78 is 5.95. The van der Waals surface area contributed by atoms with E-state index in [2.05, 4.69) is 33.4 Å². The molecule has 7 nitrogen and oxygen atoms in total. The van der Waals surface area contributed by atoms with Gasteiger partial charge in [0.1, 0.15) is 5.75 Å². The second kappa shape index (κ2) is 9.73. The zero-order valence-corrected chi connectivity index (χ0v) is 18.2. The van der Waals surface area contributed by atoms with Crippen LogP contribution in [0, 0.1) is 3.57 Å². The van der Waals surface area contributed by atoms with Crippen LogP contribution in [0.3, 0.4) is 0 Å². The zero-order valence-electron chi connectivity index (χ0n) is 16.0. The summed E-state index contributed by atoms with van der Waals surface area (Å²) in [5.41, 5.74) is 7.21. The SMILES string of the molecule is COc1ccc(C(=O)NNC(=O)CCC(=O)N2CCCc3ccccc32)cc1I. The number of ether oxygens (including phenoxy) is 1. The fourth-order valence-corrected chi connectivity index (χ4v) is 3.95. The number of rotatable bonds is 5. The van der Waals surface area contributed by atoms with E-state index in [-0.39, 0.29) is 18.7 Å². The molecule has 8 heteroatoms. The van der Waals surface area contributed by atoms with Crippen LogP contribution in [0.1, 0.15) is 35.2 Å². The number of methoxy groups -OCH3 is 1. The maximum absolute atomic E-state index is 12.6. The normalized spacial score (nSPS) is 12.7. The van der Waals surface area contributed by atoms with E-state index in [0.29, 0.717) is 17.9 Å². The van der Waals surface area contributed by atoms with Crippen molar-refractivity contribution in [3.8, 4) is 5.75 Å². The number of hydrazine groups is 1. The standard InChI is InChI=1S/C21H22IN3O4/c1-29-18-9-8-15(13-16(18)22)21(28)24-23-19(26)10-11-20(27)25-12-4-6-14-5-2-3-7-17(14)25/h2-3,5,7-9,13H,4,6,10-12H2,1H3,(H,23,26)(H,24,28). The first-order valence-electron chi connectivity index (χ1n) is 9.30. The van der Waals surface area contributed by atoms with Crippen molar-refractivity contribution in [1.29, 1.82) is 0 Å². The van der Waals surface area contributed by atoms with Gasteiger partial charge in [-0.15, -0.1) is 0 Å². The van der Waals surface area contributed by atoms with Crippen molar-refractivity contribution < 1.29 is 19.1 Å². The molecule has 0 aromatic heterocycles. The van der Waals surface area contributed by atoms with E-state index >= 15 is 0 Å². The van der Waals surface area contributed by atoms with Gasteiger partial charge in [0.2, 0.25) is 11.8 Å². The molecular formula is C21H22IN3O4. The number of benzene rings is 2. The Morgan fingerprint density at radius 1 is 1.10 bits per heavy atom. The van der Waals surface area contributed by atoms with Crippen molar-refractivity contribution in [2.45, 2.75) is 25.7 Å². The van der Waals surface area contributed by atoms with Gasteiger partial charge in [0.05, 0.1) is 10.7 Å². The molecule has 29 heavy (non-hydrogen) atoms. The van der Waals surface area contributed by atoms with Crippen molar-refractivity contribution in [3.05, 3.63) is 57.2 Å². The summed E-state index contributed by atoms with van der Waals surface area (Å²) in [6.45, 7) is 0.657. The average Bonchev–Trinajstić information content (AvgIpc) is 2.75. The lowest BCUT2D eigenvalue weighted by Gasteiger charge is -2.29. The van der Waals surface area contributed by atoms with Crippen LogP contribution in [-0.4, -0.2) is 31.4 Å². The minimum Gasteiger partial charge on any atom is -0.496 e. The third kappa shape index (κ3) is 5.26. The van der Waals surface area contributed by atoms with Gasteiger partial charge >= 0.3 is 0 Å². The molecule has 1 heterocycles. The summed E-state index contributed by atoms with van der Waals surface area (Å²) >= 11 is 2.07. The van der Waals surface area contributed by atoms with Gasteiger partial charge in [-0.05, 0) is 65.3 Å². The molecule has 152 valence electrons. The first kappa shape index (κ1) is 21.1. The molecule has 0 spiro atoms. The zero-order chi connectivity index (χ0) is 20.8. The maximum Gasteiger partial charge on any atom is 0.269 e. The summed E-state index contributed by atoms with van der Waals surface area (Å²) in [5.74, 6) is -0.275. The van der Waals surface area contributed by atoms with E-state index in [1.54, 1.807) is 30.2 Å². The third-order valence-corrected chi connectivity index (χ3v) is 5.55. The number of carbonyl (C=O) groups is 3. The quantitative estimate of drug-likeness (QED) is 0.482. The van der Waals surface area contributed by atoms with Crippen molar-refractivity contribution in [2.24, 2.45) is 0 Å². The predicted octanol–water partition coefficient (Wildman–Crippen LogP) is 2.82. The highest BCUT2D eigenvalue weighted by Gasteiger charge is 2.22. The van der Waals surface area contributed by atoms with Gasteiger partial charge in [-0.1, -0.05) is 18.2 Å². The van der Waals surface area contributed by atoms with E-state index in [0.717, 1.165) is 27.7 Å². The Labute approximate surface area is 182 Å². The molecular weight excluding hydrogens is 485 g/mol. The third-order valence-electron chi connectivity index (χ3n) is 4.71. The Morgan fingerprint density at radius 3 is 2.66 bits per heavy atom. The molecule has 2 N–H and O–H groups in total. The molecule has 2 aromatic carbocycles. The number of halogens is 1. The number of amides is 3. The number of aryl methyl sites for hydroxylation is 1. The van der Waals surface area contributed by atoms with Gasteiger partial charge in [-0.3, -0.25) is 25.2 Å². The van der Waals surface area contributed by atoms with Gasteiger partial charge in [0.25, 0.3) is 5.91 Å². The van der Waals surface area contributed by atoms with Gasteiger partial charge in [0, 0.05) is 30.6 Å². The first-order chi connectivity index (χ1) is 14.0. The van der Waals surface area contributed by atoms with E-state index in [9.17, 15) is 14.4 Å². The van der Waals surface area contributed by atoms with E-state index in [1.807, 2.05) is 24.3 Å². The van der Waals surface area contributed by atoms with Crippen molar-refractivity contribution in [1.82, 2.24) is 10.9 Å². The molecule has 0 atom stereocenters. The lowest BCUT2D eigenvalue weighted by Crippen LogP contribution is -2.42. The first-order valence-corrected chi connectivity index (χ1v) is 10.4. The largest absolute Gasteiger partial charge is 0.496 e. The van der Waals surface area contributed by atoms with Crippen LogP contribution in [0.5, 0.6) is 5.75 Å². The number of carbonyl (C=O) groups excluding carboxylic acids is 3. The minimum absolute atomic E-state index is 0.00206. The lowest BCUT2D eigenvalue weighted by molar-refractivity contribution is -0.125. The van der Waals surface area contributed by atoms with Gasteiger partial charge in [0.15, 0.2) is 0 Å². The van der Waals surface area contributed by atoms with Crippen LogP contribution >= 0.6 is 22.6 Å². The van der Waals surface area contributed by atoms with Crippen LogP contribution in [0.25, 0.3) is 0 Å². The van der Waals surface area contributed by atoms with Crippen LogP contribution < -0.4 is 20.5 Å². The number of nitrogens with one attached hydrogen (secondary N) is 2. The Kier molecular flexibility index (Phi) is 7.08. The molecule has 0 saturated carbocycles. The van der Waals surface area contributed by atoms with Crippen molar-refractivity contribution in [2.75, 3.05) is 18.6 Å². The highest BCUT2D eigenvalue weighted by Crippen LogP contribution is 2.27. The van der Waals surface area contributed by atoms with Crippen LogP contribution in [0.15, 0.2) is 42.5 Å². The molecule has 0 fully saturated rings. The Balaban J connectivity index is 1.48. The Morgan fingerprint density at radius 2 is 1.90 bits per heavy atom. The van der Waals surface area contributed by atoms with E-state index in [4.69, 9.17) is 4.74 Å². The van der Waals surface area contributed by atoms with Gasteiger partial charge < -0.3 is 9.64 Å². The van der Waals surface area contributed by atoms with Gasteiger partial charge in [-0.25, -0.2) is 0 Å². The molecule has 0 radical (unpaired) electrons. The number of nitrogens with zero attached hydrogens (tertiary/aromatic N) is 1. The average molecular weight is 507 g/mol. The summed E-state index contributed by atoms with van der Waals surface area (Å²) in [7, 11) is 1.56. The molecule has 0 bridgehead atoms. The summed E-state index contributed by atoms with van der Waals surface area (Å²) in [6, 6.07) is 12.8. The van der Waals surface area contributed by atoms with E-state index in [1.165, 1.54) is 0 Å². The number of hydrogen-bond acceptors (Lipinski definition) is 4. The maximum atomic E-state index is 12.6. The second-order valence-corrected chi connectivity index (χ2v) is 7.79. The van der Waals surface area contributed by atoms with Crippen LogP contribution in [0.2, 0.25) is 0 Å². The Bertz CT molecular complexity index is 932. The highest BCUT2D eigenvalue weighted by atomic mass is 127. The van der Waals surface area contributed by atoms with Crippen LogP contribution in [0.4, 0.5) is 5.69 Å². The molecule has 0 aliphatic carbocycles. The van der Waals surface area contributed by atoms with Crippen molar-refractivity contribution in [3.63, 3.8) is 0 Å².